The zero-order chi connectivity index (χ0) is 17.9. The first-order chi connectivity index (χ1) is 12.7. The van der Waals surface area contributed by atoms with Gasteiger partial charge in [-0.1, -0.05) is 56.1 Å². The summed E-state index contributed by atoms with van der Waals surface area (Å²) < 4.78 is 2.06. The van der Waals surface area contributed by atoms with Crippen LogP contribution in [0.4, 0.5) is 0 Å². The van der Waals surface area contributed by atoms with E-state index >= 15 is 0 Å². The second kappa shape index (κ2) is 7.52. The maximum atomic E-state index is 4.48. The SMILES string of the molecule is Brc1ccc(-c2ccc(Br)c(-c3ccccn3)c2)cc1-c1ccccn1. The molecule has 0 aliphatic heterocycles. The van der Waals surface area contributed by atoms with Gasteiger partial charge in [-0.15, -0.1) is 0 Å². The van der Waals surface area contributed by atoms with E-state index < -0.39 is 0 Å². The van der Waals surface area contributed by atoms with Crippen LogP contribution < -0.4 is 0 Å². The highest BCUT2D eigenvalue weighted by atomic mass is 79.9. The summed E-state index contributed by atoms with van der Waals surface area (Å²) in [4.78, 5) is 8.95. The van der Waals surface area contributed by atoms with Crippen LogP contribution in [0, 0.1) is 0 Å². The molecule has 0 aliphatic carbocycles. The van der Waals surface area contributed by atoms with Crippen LogP contribution in [-0.2, 0) is 0 Å². The van der Waals surface area contributed by atoms with Gasteiger partial charge in [0.25, 0.3) is 0 Å². The molecule has 4 heteroatoms. The molecular formula is C22H14Br2N2. The molecule has 2 nitrogen and oxygen atoms in total. The summed E-state index contributed by atoms with van der Waals surface area (Å²) in [6.07, 6.45) is 3.63. The Kier molecular flexibility index (Phi) is 4.96. The first-order valence-corrected chi connectivity index (χ1v) is 9.73. The van der Waals surface area contributed by atoms with Crippen LogP contribution in [0.3, 0.4) is 0 Å². The summed E-state index contributed by atoms with van der Waals surface area (Å²) in [5, 5.41) is 0. The fraction of sp³-hybridized carbons (Fsp3) is 0. The lowest BCUT2D eigenvalue weighted by atomic mass is 9.99. The third kappa shape index (κ3) is 3.48. The lowest BCUT2D eigenvalue weighted by Gasteiger charge is -2.11. The van der Waals surface area contributed by atoms with Gasteiger partial charge in [-0.2, -0.15) is 0 Å². The summed E-state index contributed by atoms with van der Waals surface area (Å²) in [6, 6.07) is 24.6. The van der Waals surface area contributed by atoms with Crippen molar-refractivity contribution in [3.05, 3.63) is 94.1 Å². The summed E-state index contributed by atoms with van der Waals surface area (Å²) in [6.45, 7) is 0. The zero-order valence-electron chi connectivity index (χ0n) is 13.7. The molecule has 26 heavy (non-hydrogen) atoms. The van der Waals surface area contributed by atoms with E-state index in [1.807, 2.05) is 48.8 Å². The number of halogens is 2. The van der Waals surface area contributed by atoms with Crippen LogP contribution in [0.15, 0.2) is 94.1 Å². The van der Waals surface area contributed by atoms with Gasteiger partial charge in [-0.25, -0.2) is 0 Å². The van der Waals surface area contributed by atoms with E-state index in [-0.39, 0.29) is 0 Å². The maximum Gasteiger partial charge on any atom is 0.0713 e. The molecule has 126 valence electrons. The molecule has 0 radical (unpaired) electrons. The topological polar surface area (TPSA) is 25.8 Å². The van der Waals surface area contributed by atoms with Crippen LogP contribution in [0.25, 0.3) is 33.6 Å². The van der Waals surface area contributed by atoms with Crippen LogP contribution in [0.2, 0.25) is 0 Å². The molecule has 0 aliphatic rings. The number of pyridine rings is 2. The van der Waals surface area contributed by atoms with Gasteiger partial charge in [-0.05, 0) is 59.7 Å². The van der Waals surface area contributed by atoms with Crippen molar-refractivity contribution in [2.24, 2.45) is 0 Å². The lowest BCUT2D eigenvalue weighted by Crippen LogP contribution is -1.88. The first kappa shape index (κ1) is 17.1. The van der Waals surface area contributed by atoms with E-state index in [4.69, 9.17) is 0 Å². The van der Waals surface area contributed by atoms with Gasteiger partial charge < -0.3 is 0 Å². The summed E-state index contributed by atoms with van der Waals surface area (Å²) in [5.41, 5.74) is 6.32. The highest BCUT2D eigenvalue weighted by Crippen LogP contribution is 2.35. The molecule has 2 aromatic heterocycles. The Morgan fingerprint density at radius 1 is 0.538 bits per heavy atom. The highest BCUT2D eigenvalue weighted by molar-refractivity contribution is 9.11. The van der Waals surface area contributed by atoms with Crippen molar-refractivity contribution in [1.82, 2.24) is 9.97 Å². The van der Waals surface area contributed by atoms with Crippen molar-refractivity contribution in [2.75, 3.05) is 0 Å². The highest BCUT2D eigenvalue weighted by Gasteiger charge is 2.10. The second-order valence-corrected chi connectivity index (χ2v) is 7.53. The Labute approximate surface area is 169 Å². The Morgan fingerprint density at radius 2 is 1.00 bits per heavy atom. The van der Waals surface area contributed by atoms with E-state index in [9.17, 15) is 0 Å². The Balaban J connectivity index is 1.82. The minimum Gasteiger partial charge on any atom is -0.256 e. The molecule has 0 N–H and O–H groups in total. The summed E-state index contributed by atoms with van der Waals surface area (Å²) in [5.74, 6) is 0. The number of hydrogen-bond acceptors (Lipinski definition) is 2. The van der Waals surface area contributed by atoms with Gasteiger partial charge >= 0.3 is 0 Å². The summed E-state index contributed by atoms with van der Waals surface area (Å²) >= 11 is 7.29. The molecule has 2 heterocycles. The van der Waals surface area contributed by atoms with Gasteiger partial charge in [0.15, 0.2) is 0 Å². The van der Waals surface area contributed by atoms with Gasteiger partial charge in [-0.3, -0.25) is 9.97 Å². The molecular weight excluding hydrogens is 452 g/mol. The number of benzene rings is 2. The van der Waals surface area contributed by atoms with E-state index in [2.05, 4.69) is 78.2 Å². The van der Waals surface area contributed by atoms with E-state index in [1.165, 1.54) is 0 Å². The van der Waals surface area contributed by atoms with Crippen LogP contribution in [0.1, 0.15) is 0 Å². The largest absolute Gasteiger partial charge is 0.256 e. The molecule has 0 amide bonds. The van der Waals surface area contributed by atoms with Gasteiger partial charge in [0, 0.05) is 32.5 Å². The average molecular weight is 466 g/mol. The van der Waals surface area contributed by atoms with Crippen molar-refractivity contribution >= 4 is 31.9 Å². The third-order valence-corrected chi connectivity index (χ3v) is 5.53. The van der Waals surface area contributed by atoms with Crippen LogP contribution >= 0.6 is 31.9 Å². The number of nitrogens with zero attached hydrogens (tertiary/aromatic N) is 2. The van der Waals surface area contributed by atoms with E-state index in [0.717, 1.165) is 42.6 Å². The van der Waals surface area contributed by atoms with Gasteiger partial charge in [0.1, 0.15) is 0 Å². The molecule has 0 saturated carbocycles. The molecule has 0 atom stereocenters. The predicted octanol–water partition coefficient (Wildman–Crippen LogP) is 7.00. The number of rotatable bonds is 3. The monoisotopic (exact) mass is 464 g/mol. The van der Waals surface area contributed by atoms with Crippen molar-refractivity contribution in [1.29, 1.82) is 0 Å². The van der Waals surface area contributed by atoms with E-state index in [1.54, 1.807) is 0 Å². The average Bonchev–Trinajstić information content (AvgIpc) is 2.70. The predicted molar refractivity (Wildman–Crippen MR) is 114 cm³/mol. The standard InChI is InChI=1S/C22H14Br2N2/c23-19-9-7-15(13-17(19)21-5-1-3-11-25-21)16-8-10-20(24)18(14-16)22-6-2-4-12-26-22/h1-14H. The number of hydrogen-bond donors (Lipinski definition) is 0. The maximum absolute atomic E-state index is 4.48. The van der Waals surface area contributed by atoms with Crippen LogP contribution in [-0.4, -0.2) is 9.97 Å². The van der Waals surface area contributed by atoms with Crippen molar-refractivity contribution in [2.45, 2.75) is 0 Å². The Hall–Kier alpha value is -2.30. The van der Waals surface area contributed by atoms with Crippen molar-refractivity contribution < 1.29 is 0 Å². The quantitative estimate of drug-likeness (QED) is 0.325. The minimum absolute atomic E-state index is 0.947. The molecule has 0 bridgehead atoms. The van der Waals surface area contributed by atoms with Crippen LogP contribution in [0.5, 0.6) is 0 Å². The fourth-order valence-corrected chi connectivity index (χ4v) is 3.75. The molecule has 0 spiro atoms. The first-order valence-electron chi connectivity index (χ1n) is 8.14. The minimum atomic E-state index is 0.947. The zero-order valence-corrected chi connectivity index (χ0v) is 16.9. The number of aromatic nitrogens is 2. The van der Waals surface area contributed by atoms with Gasteiger partial charge in [0.05, 0.1) is 11.4 Å². The molecule has 2 aromatic carbocycles. The van der Waals surface area contributed by atoms with Gasteiger partial charge in [0.2, 0.25) is 0 Å². The van der Waals surface area contributed by atoms with Crippen molar-refractivity contribution in [3.8, 4) is 33.6 Å². The normalized spacial score (nSPS) is 10.7. The lowest BCUT2D eigenvalue weighted by molar-refractivity contribution is 1.32. The fourth-order valence-electron chi connectivity index (χ4n) is 2.85. The molecule has 0 unspecified atom stereocenters. The van der Waals surface area contributed by atoms with Crippen molar-refractivity contribution in [3.63, 3.8) is 0 Å². The molecule has 4 aromatic rings. The summed E-state index contributed by atoms with van der Waals surface area (Å²) in [7, 11) is 0. The Morgan fingerprint density at radius 3 is 1.38 bits per heavy atom. The van der Waals surface area contributed by atoms with E-state index in [0.29, 0.717) is 0 Å². The molecule has 4 rings (SSSR count). The molecule has 0 fully saturated rings. The second-order valence-electron chi connectivity index (χ2n) is 5.82. The third-order valence-electron chi connectivity index (χ3n) is 4.15. The smallest absolute Gasteiger partial charge is 0.0713 e. The molecule has 0 saturated heterocycles. The Bertz CT molecular complexity index is 961.